The molecule has 0 saturated carbocycles. The molecule has 16 heavy (non-hydrogen) atoms. The van der Waals surface area contributed by atoms with Crippen LogP contribution in [0.3, 0.4) is 0 Å². The third-order valence-electron chi connectivity index (χ3n) is 1.87. The average Bonchev–Trinajstić information content (AvgIpc) is 2.25. The van der Waals surface area contributed by atoms with Gasteiger partial charge in [0.1, 0.15) is 5.75 Å². The van der Waals surface area contributed by atoms with Gasteiger partial charge in [-0.25, -0.2) is 0 Å². The number of benzene rings is 1. The third kappa shape index (κ3) is 2.38. The molecule has 0 radical (unpaired) electrons. The number of nitrogens with two attached hydrogens (primary N) is 1. The average molecular weight is 255 g/mol. The van der Waals surface area contributed by atoms with Crippen LogP contribution in [0.5, 0.6) is 11.5 Å². The molecular formula is C11H8Cl2N2O. The number of ether oxygens (including phenoxy) is 1. The smallest absolute Gasteiger partial charge is 0.164 e. The fourth-order valence-electron chi connectivity index (χ4n) is 1.20. The first-order valence-corrected chi connectivity index (χ1v) is 5.25. The molecule has 0 fully saturated rings. The summed E-state index contributed by atoms with van der Waals surface area (Å²) >= 11 is 11.9. The van der Waals surface area contributed by atoms with E-state index in [-0.39, 0.29) is 0 Å². The first kappa shape index (κ1) is 11.0. The number of hydrogen-bond acceptors (Lipinski definition) is 3. The van der Waals surface area contributed by atoms with Crippen molar-refractivity contribution >= 4 is 28.9 Å². The monoisotopic (exact) mass is 254 g/mol. The predicted octanol–water partition coefficient (Wildman–Crippen LogP) is 3.76. The van der Waals surface area contributed by atoms with Gasteiger partial charge in [-0.15, -0.1) is 0 Å². The lowest BCUT2D eigenvalue weighted by Crippen LogP contribution is -1.90. The van der Waals surface area contributed by atoms with Crippen LogP contribution >= 0.6 is 23.2 Å². The molecule has 2 N–H and O–H groups in total. The Bertz CT molecular complexity index is 480. The zero-order valence-corrected chi connectivity index (χ0v) is 9.66. The van der Waals surface area contributed by atoms with E-state index in [0.29, 0.717) is 27.2 Å². The summed E-state index contributed by atoms with van der Waals surface area (Å²) < 4.78 is 5.51. The number of aromatic nitrogens is 1. The van der Waals surface area contributed by atoms with Gasteiger partial charge in [-0.05, 0) is 24.3 Å². The molecule has 0 aliphatic rings. The first-order chi connectivity index (χ1) is 7.66. The molecule has 2 aromatic rings. The van der Waals surface area contributed by atoms with E-state index in [1.807, 2.05) is 0 Å². The van der Waals surface area contributed by atoms with Crippen molar-refractivity contribution in [1.82, 2.24) is 4.98 Å². The quantitative estimate of drug-likeness (QED) is 0.831. The van der Waals surface area contributed by atoms with Gasteiger partial charge in [0.05, 0.1) is 16.2 Å². The highest BCUT2D eigenvalue weighted by molar-refractivity contribution is 6.37. The molecular weight excluding hydrogens is 247 g/mol. The normalized spacial score (nSPS) is 10.1. The highest BCUT2D eigenvalue weighted by Crippen LogP contribution is 2.37. The van der Waals surface area contributed by atoms with Gasteiger partial charge in [0.15, 0.2) is 5.75 Å². The van der Waals surface area contributed by atoms with E-state index in [4.69, 9.17) is 33.7 Å². The van der Waals surface area contributed by atoms with Crippen LogP contribution in [0, 0.1) is 0 Å². The van der Waals surface area contributed by atoms with E-state index < -0.39 is 0 Å². The minimum atomic E-state index is 0.369. The molecule has 0 atom stereocenters. The van der Waals surface area contributed by atoms with Crippen molar-refractivity contribution in [1.29, 1.82) is 0 Å². The number of nitrogens with zero attached hydrogens (tertiary/aromatic N) is 1. The van der Waals surface area contributed by atoms with Gasteiger partial charge in [-0.2, -0.15) is 0 Å². The van der Waals surface area contributed by atoms with E-state index in [2.05, 4.69) is 4.98 Å². The molecule has 0 amide bonds. The maximum absolute atomic E-state index is 5.97. The Morgan fingerprint density at radius 1 is 1.19 bits per heavy atom. The Labute approximate surface area is 103 Å². The summed E-state index contributed by atoms with van der Waals surface area (Å²) in [6.45, 7) is 0. The number of hydrogen-bond donors (Lipinski definition) is 1. The van der Waals surface area contributed by atoms with Crippen molar-refractivity contribution < 1.29 is 4.74 Å². The predicted molar refractivity (Wildman–Crippen MR) is 65.2 cm³/mol. The summed E-state index contributed by atoms with van der Waals surface area (Å²) in [7, 11) is 0. The Balaban J connectivity index is 2.35. The zero-order valence-electron chi connectivity index (χ0n) is 8.15. The minimum Gasteiger partial charge on any atom is -0.453 e. The Morgan fingerprint density at radius 3 is 2.44 bits per heavy atom. The van der Waals surface area contributed by atoms with Crippen LogP contribution in [0.1, 0.15) is 0 Å². The van der Waals surface area contributed by atoms with Gasteiger partial charge in [0.25, 0.3) is 0 Å². The summed E-state index contributed by atoms with van der Waals surface area (Å²) in [6, 6.07) is 6.68. The lowest BCUT2D eigenvalue weighted by atomic mass is 10.3. The van der Waals surface area contributed by atoms with Gasteiger partial charge in [0.2, 0.25) is 0 Å². The first-order valence-electron chi connectivity index (χ1n) is 4.49. The number of nitrogen functional groups attached to an aromatic ring is 1. The minimum absolute atomic E-state index is 0.369. The largest absolute Gasteiger partial charge is 0.453 e. The molecule has 5 heteroatoms. The molecule has 1 aromatic heterocycles. The molecule has 3 nitrogen and oxygen atoms in total. The van der Waals surface area contributed by atoms with Crippen LogP contribution in [0.25, 0.3) is 0 Å². The summed E-state index contributed by atoms with van der Waals surface area (Å²) in [5.74, 6) is 0.946. The molecule has 0 aliphatic heterocycles. The second kappa shape index (κ2) is 4.60. The molecule has 1 aromatic carbocycles. The molecule has 2 rings (SSSR count). The van der Waals surface area contributed by atoms with Crippen molar-refractivity contribution in [2.24, 2.45) is 0 Å². The van der Waals surface area contributed by atoms with Crippen LogP contribution < -0.4 is 10.5 Å². The van der Waals surface area contributed by atoms with Crippen LogP contribution in [0.4, 0.5) is 5.69 Å². The zero-order chi connectivity index (χ0) is 11.5. The highest BCUT2D eigenvalue weighted by Gasteiger charge is 2.09. The maximum Gasteiger partial charge on any atom is 0.164 e. The van der Waals surface area contributed by atoms with Gasteiger partial charge < -0.3 is 10.5 Å². The molecule has 82 valence electrons. The topological polar surface area (TPSA) is 48.1 Å². The second-order valence-electron chi connectivity index (χ2n) is 3.10. The van der Waals surface area contributed by atoms with E-state index in [9.17, 15) is 0 Å². The van der Waals surface area contributed by atoms with Crippen LogP contribution in [-0.4, -0.2) is 4.98 Å². The van der Waals surface area contributed by atoms with Gasteiger partial charge in [0, 0.05) is 11.9 Å². The summed E-state index contributed by atoms with van der Waals surface area (Å²) in [5.41, 5.74) is 6.08. The third-order valence-corrected chi connectivity index (χ3v) is 2.44. The van der Waals surface area contributed by atoms with E-state index in [1.165, 1.54) is 0 Å². The molecule has 1 heterocycles. The van der Waals surface area contributed by atoms with Crippen molar-refractivity contribution in [3.05, 3.63) is 46.7 Å². The fourth-order valence-corrected chi connectivity index (χ4v) is 1.78. The highest BCUT2D eigenvalue weighted by atomic mass is 35.5. The lowest BCUT2D eigenvalue weighted by Gasteiger charge is -2.09. The van der Waals surface area contributed by atoms with Crippen LogP contribution in [-0.2, 0) is 0 Å². The van der Waals surface area contributed by atoms with Crippen LogP contribution in [0.2, 0.25) is 10.0 Å². The van der Waals surface area contributed by atoms with E-state index in [0.717, 1.165) is 0 Å². The summed E-state index contributed by atoms with van der Waals surface area (Å²) in [6.07, 6.45) is 3.22. The molecule has 0 bridgehead atoms. The maximum atomic E-state index is 5.97. The molecule has 0 aliphatic carbocycles. The summed E-state index contributed by atoms with van der Waals surface area (Å²) in [5, 5.41) is 0.739. The molecule has 0 unspecified atom stereocenters. The molecule has 0 spiro atoms. The van der Waals surface area contributed by atoms with E-state index >= 15 is 0 Å². The fraction of sp³-hybridized carbons (Fsp3) is 0. The summed E-state index contributed by atoms with van der Waals surface area (Å²) in [4.78, 5) is 3.92. The van der Waals surface area contributed by atoms with Gasteiger partial charge >= 0.3 is 0 Å². The Kier molecular flexibility index (Phi) is 3.17. The van der Waals surface area contributed by atoms with Gasteiger partial charge in [-0.1, -0.05) is 23.2 Å². The van der Waals surface area contributed by atoms with Crippen molar-refractivity contribution in [3.8, 4) is 11.5 Å². The van der Waals surface area contributed by atoms with Crippen molar-refractivity contribution in [2.75, 3.05) is 5.73 Å². The SMILES string of the molecule is Nc1cc(Cl)c(Oc2cccnc2)c(Cl)c1. The Hall–Kier alpha value is -1.45. The van der Waals surface area contributed by atoms with Gasteiger partial charge in [-0.3, -0.25) is 4.98 Å². The lowest BCUT2D eigenvalue weighted by molar-refractivity contribution is 0.481. The molecule has 0 saturated heterocycles. The van der Waals surface area contributed by atoms with Crippen molar-refractivity contribution in [2.45, 2.75) is 0 Å². The second-order valence-corrected chi connectivity index (χ2v) is 3.92. The van der Waals surface area contributed by atoms with Crippen LogP contribution in [0.15, 0.2) is 36.7 Å². The number of pyridine rings is 1. The standard InChI is InChI=1S/C11H8Cl2N2O/c12-9-4-7(14)5-10(13)11(9)16-8-2-1-3-15-6-8/h1-6H,14H2. The number of anilines is 1. The number of rotatable bonds is 2. The number of halogens is 2. The van der Waals surface area contributed by atoms with E-state index in [1.54, 1.807) is 36.7 Å². The Morgan fingerprint density at radius 2 is 1.88 bits per heavy atom. The van der Waals surface area contributed by atoms with Crippen molar-refractivity contribution in [3.63, 3.8) is 0 Å².